The second kappa shape index (κ2) is 8.71. The van der Waals surface area contributed by atoms with Crippen molar-refractivity contribution >= 4 is 28.6 Å². The molecular formula is C22H22F2N4O3. The van der Waals surface area contributed by atoms with Crippen LogP contribution in [0.2, 0.25) is 0 Å². The summed E-state index contributed by atoms with van der Waals surface area (Å²) in [6, 6.07) is 11.7. The summed E-state index contributed by atoms with van der Waals surface area (Å²) in [5.74, 6) is 0.744. The summed E-state index contributed by atoms with van der Waals surface area (Å²) < 4.78 is 35.3. The Morgan fingerprint density at radius 3 is 2.45 bits per heavy atom. The SMILES string of the molecule is CCOc1cc(C(=O)N2CCCN(C)c3nc4ccccc4nc32)ccc1OC(F)F. The fraction of sp³-hybridized carbons (Fsp3) is 0.318. The number of hydrogen-bond acceptors (Lipinski definition) is 6. The van der Waals surface area contributed by atoms with E-state index in [1.54, 1.807) is 11.8 Å². The van der Waals surface area contributed by atoms with Gasteiger partial charge in [-0.1, -0.05) is 12.1 Å². The van der Waals surface area contributed by atoms with E-state index >= 15 is 0 Å². The number of aromatic nitrogens is 2. The molecule has 1 amide bonds. The number of halogens is 2. The van der Waals surface area contributed by atoms with Crippen molar-refractivity contribution in [2.24, 2.45) is 0 Å². The monoisotopic (exact) mass is 428 g/mol. The molecule has 0 bridgehead atoms. The number of carbonyl (C=O) groups excluding carboxylic acids is 1. The minimum absolute atomic E-state index is 0.0883. The van der Waals surface area contributed by atoms with Crippen molar-refractivity contribution in [1.82, 2.24) is 9.97 Å². The number of alkyl halides is 2. The second-order valence-electron chi connectivity index (χ2n) is 7.06. The number of anilines is 2. The van der Waals surface area contributed by atoms with Gasteiger partial charge in [0.05, 0.1) is 17.6 Å². The van der Waals surface area contributed by atoms with Gasteiger partial charge in [-0.25, -0.2) is 9.97 Å². The molecule has 0 N–H and O–H groups in total. The van der Waals surface area contributed by atoms with E-state index in [2.05, 4.69) is 4.74 Å². The van der Waals surface area contributed by atoms with E-state index in [1.165, 1.54) is 18.2 Å². The zero-order chi connectivity index (χ0) is 22.0. The maximum absolute atomic E-state index is 13.4. The number of hydrogen-bond donors (Lipinski definition) is 0. The average molecular weight is 428 g/mol. The van der Waals surface area contributed by atoms with Crippen molar-refractivity contribution in [3.05, 3.63) is 48.0 Å². The highest BCUT2D eigenvalue weighted by atomic mass is 19.3. The summed E-state index contributed by atoms with van der Waals surface area (Å²) in [4.78, 5) is 26.4. The van der Waals surface area contributed by atoms with Crippen LogP contribution in [-0.2, 0) is 0 Å². The standard InChI is InChI=1S/C22H22F2N4O3/c1-3-30-18-13-14(9-10-17(18)31-22(23)24)21(29)28-12-6-11-27(2)19-20(28)26-16-8-5-4-7-15(16)25-19/h4-5,7-10,13,22H,3,6,11-12H2,1-2H3. The first-order valence-electron chi connectivity index (χ1n) is 9.99. The van der Waals surface area contributed by atoms with Crippen LogP contribution in [0.4, 0.5) is 20.4 Å². The van der Waals surface area contributed by atoms with Crippen LogP contribution in [0.25, 0.3) is 11.0 Å². The Balaban J connectivity index is 1.75. The van der Waals surface area contributed by atoms with Crippen LogP contribution < -0.4 is 19.3 Å². The fourth-order valence-corrected chi connectivity index (χ4v) is 3.55. The Hall–Kier alpha value is -3.49. The maximum atomic E-state index is 13.4. The number of fused-ring (bicyclic) bond motifs is 2. The fourth-order valence-electron chi connectivity index (χ4n) is 3.55. The lowest BCUT2D eigenvalue weighted by molar-refractivity contribution is -0.0514. The molecule has 9 heteroatoms. The van der Waals surface area contributed by atoms with Crippen LogP contribution in [0.15, 0.2) is 42.5 Å². The number of ether oxygens (including phenoxy) is 2. The van der Waals surface area contributed by atoms with Crippen LogP contribution in [-0.4, -0.2) is 49.2 Å². The lowest BCUT2D eigenvalue weighted by Gasteiger charge is -2.23. The first-order chi connectivity index (χ1) is 15.0. The Labute approximate surface area is 178 Å². The summed E-state index contributed by atoms with van der Waals surface area (Å²) in [7, 11) is 1.92. The van der Waals surface area contributed by atoms with Gasteiger partial charge in [-0.2, -0.15) is 8.78 Å². The van der Waals surface area contributed by atoms with Gasteiger partial charge in [0, 0.05) is 25.7 Å². The number of carbonyl (C=O) groups is 1. The van der Waals surface area contributed by atoms with Crippen LogP contribution in [0.1, 0.15) is 23.7 Å². The van der Waals surface area contributed by atoms with Crippen LogP contribution in [0.3, 0.4) is 0 Å². The zero-order valence-electron chi connectivity index (χ0n) is 17.2. The molecule has 2 heterocycles. The van der Waals surface area contributed by atoms with E-state index < -0.39 is 6.61 Å². The van der Waals surface area contributed by atoms with Crippen LogP contribution in [0, 0.1) is 0 Å². The van der Waals surface area contributed by atoms with Gasteiger partial charge in [-0.3, -0.25) is 9.69 Å². The van der Waals surface area contributed by atoms with Crippen LogP contribution in [0.5, 0.6) is 11.5 Å². The highest BCUT2D eigenvalue weighted by Gasteiger charge is 2.28. The molecule has 0 saturated heterocycles. The van der Waals surface area contributed by atoms with Crippen molar-refractivity contribution in [3.8, 4) is 11.5 Å². The van der Waals surface area contributed by atoms with Crippen molar-refractivity contribution in [3.63, 3.8) is 0 Å². The molecule has 0 aliphatic carbocycles. The Kier molecular flexibility index (Phi) is 5.83. The van der Waals surface area contributed by atoms with Gasteiger partial charge in [0.1, 0.15) is 0 Å². The average Bonchev–Trinajstić information content (AvgIpc) is 2.91. The molecule has 4 rings (SSSR count). The molecule has 1 aromatic heterocycles. The third kappa shape index (κ3) is 4.21. The highest BCUT2D eigenvalue weighted by Crippen LogP contribution is 2.34. The molecule has 0 saturated carbocycles. The predicted octanol–water partition coefficient (Wildman–Crippen LogP) is 4.12. The Morgan fingerprint density at radius 1 is 1.06 bits per heavy atom. The van der Waals surface area contributed by atoms with E-state index in [0.717, 1.165) is 18.5 Å². The van der Waals surface area contributed by atoms with Crippen molar-refractivity contribution in [1.29, 1.82) is 0 Å². The molecule has 7 nitrogen and oxygen atoms in total. The molecule has 0 unspecified atom stereocenters. The molecule has 2 aromatic carbocycles. The van der Waals surface area contributed by atoms with Gasteiger partial charge in [0.25, 0.3) is 5.91 Å². The van der Waals surface area contributed by atoms with Crippen molar-refractivity contribution < 1.29 is 23.0 Å². The third-order valence-corrected chi connectivity index (χ3v) is 4.98. The largest absolute Gasteiger partial charge is 0.490 e. The number of para-hydroxylation sites is 2. The Morgan fingerprint density at radius 2 is 1.77 bits per heavy atom. The summed E-state index contributed by atoms with van der Waals surface area (Å²) in [5, 5.41) is 0. The van der Waals surface area contributed by atoms with Gasteiger partial charge in [-0.05, 0) is 43.7 Å². The number of amides is 1. The topological polar surface area (TPSA) is 67.8 Å². The predicted molar refractivity (Wildman–Crippen MR) is 113 cm³/mol. The molecule has 0 radical (unpaired) electrons. The quantitative estimate of drug-likeness (QED) is 0.609. The first kappa shape index (κ1) is 20.8. The molecule has 0 fully saturated rings. The molecule has 0 atom stereocenters. The molecule has 31 heavy (non-hydrogen) atoms. The first-order valence-corrected chi connectivity index (χ1v) is 9.99. The molecular weight excluding hydrogens is 406 g/mol. The van der Waals surface area contributed by atoms with Gasteiger partial charge in [-0.15, -0.1) is 0 Å². The van der Waals surface area contributed by atoms with E-state index in [-0.39, 0.29) is 29.6 Å². The normalized spacial score (nSPS) is 13.8. The summed E-state index contributed by atoms with van der Waals surface area (Å²) in [6.07, 6.45) is 0.724. The lowest BCUT2D eigenvalue weighted by Crippen LogP contribution is -2.32. The molecule has 3 aromatic rings. The minimum Gasteiger partial charge on any atom is -0.490 e. The van der Waals surface area contributed by atoms with E-state index in [4.69, 9.17) is 14.7 Å². The third-order valence-electron chi connectivity index (χ3n) is 4.98. The number of nitrogens with zero attached hydrogens (tertiary/aromatic N) is 4. The highest BCUT2D eigenvalue weighted by molar-refractivity contribution is 6.07. The van der Waals surface area contributed by atoms with E-state index in [9.17, 15) is 13.6 Å². The van der Waals surface area contributed by atoms with Gasteiger partial charge in [0.2, 0.25) is 0 Å². The number of benzene rings is 2. The van der Waals surface area contributed by atoms with Gasteiger partial charge >= 0.3 is 6.61 Å². The summed E-state index contributed by atoms with van der Waals surface area (Å²) in [5.41, 5.74) is 1.72. The van der Waals surface area contributed by atoms with Crippen LogP contribution >= 0.6 is 0 Å². The number of rotatable bonds is 5. The summed E-state index contributed by atoms with van der Waals surface area (Å²) >= 11 is 0. The lowest BCUT2D eigenvalue weighted by atomic mass is 10.1. The second-order valence-corrected chi connectivity index (χ2v) is 7.06. The van der Waals surface area contributed by atoms with Gasteiger partial charge < -0.3 is 14.4 Å². The molecule has 1 aliphatic heterocycles. The summed E-state index contributed by atoms with van der Waals surface area (Å²) in [6.45, 7) is 0.142. The maximum Gasteiger partial charge on any atom is 0.387 e. The smallest absolute Gasteiger partial charge is 0.387 e. The molecule has 162 valence electrons. The molecule has 1 aliphatic rings. The molecule has 0 spiro atoms. The minimum atomic E-state index is -2.99. The van der Waals surface area contributed by atoms with Crippen molar-refractivity contribution in [2.75, 3.05) is 36.5 Å². The van der Waals surface area contributed by atoms with Crippen molar-refractivity contribution in [2.45, 2.75) is 20.0 Å². The van der Waals surface area contributed by atoms with Gasteiger partial charge in [0.15, 0.2) is 23.1 Å². The Bertz CT molecular complexity index is 1110. The zero-order valence-corrected chi connectivity index (χ0v) is 17.2. The van der Waals surface area contributed by atoms with E-state index in [0.29, 0.717) is 23.7 Å². The van der Waals surface area contributed by atoms with E-state index in [1.807, 2.05) is 36.2 Å².